The molecule has 0 unspecified atom stereocenters. The quantitative estimate of drug-likeness (QED) is 0.652. The summed E-state index contributed by atoms with van der Waals surface area (Å²) in [6.45, 7) is 1.79. The van der Waals surface area contributed by atoms with Gasteiger partial charge in [-0.05, 0) is 31.7 Å². The van der Waals surface area contributed by atoms with E-state index in [0.29, 0.717) is 5.56 Å². The second-order valence-corrected chi connectivity index (χ2v) is 7.56. The maximum absolute atomic E-state index is 12.8. The molecule has 2 aliphatic rings. The minimum Gasteiger partial charge on any atom is -0.346 e. The zero-order valence-corrected chi connectivity index (χ0v) is 15.4. The first-order valence-corrected chi connectivity index (χ1v) is 9.84. The molecule has 27 heavy (non-hydrogen) atoms. The Morgan fingerprint density at radius 1 is 1.00 bits per heavy atom. The van der Waals surface area contributed by atoms with Crippen molar-refractivity contribution in [2.24, 2.45) is 0 Å². The highest BCUT2D eigenvalue weighted by molar-refractivity contribution is 6.45. The summed E-state index contributed by atoms with van der Waals surface area (Å²) in [7, 11) is 0. The van der Waals surface area contributed by atoms with Gasteiger partial charge in [0.05, 0.1) is 5.56 Å². The molecule has 2 amide bonds. The van der Waals surface area contributed by atoms with Gasteiger partial charge in [-0.3, -0.25) is 14.4 Å². The molecule has 2 heterocycles. The predicted octanol–water partition coefficient (Wildman–Crippen LogP) is 2.51. The number of benzene rings is 1. The Balaban J connectivity index is 1.58. The molecule has 2 aromatic rings. The van der Waals surface area contributed by atoms with Crippen LogP contribution < -0.4 is 5.32 Å². The smallest absolute Gasteiger partial charge is 0.292 e. The Morgan fingerprint density at radius 3 is 2.44 bits per heavy atom. The van der Waals surface area contributed by atoms with E-state index >= 15 is 0 Å². The van der Waals surface area contributed by atoms with Gasteiger partial charge in [0.2, 0.25) is 5.91 Å². The second-order valence-electron chi connectivity index (χ2n) is 7.56. The van der Waals surface area contributed by atoms with Gasteiger partial charge in [-0.1, -0.05) is 31.0 Å². The van der Waals surface area contributed by atoms with Crippen LogP contribution in [0.4, 0.5) is 0 Å². The van der Waals surface area contributed by atoms with Crippen molar-refractivity contribution in [3.63, 3.8) is 0 Å². The van der Waals surface area contributed by atoms with E-state index in [2.05, 4.69) is 5.32 Å². The summed E-state index contributed by atoms with van der Waals surface area (Å²) < 4.78 is 1.80. The van der Waals surface area contributed by atoms with Gasteiger partial charge < -0.3 is 14.8 Å². The molecule has 1 aliphatic heterocycles. The standard InChI is InChI=1S/C21H25N3O3/c25-19(23-11-5-6-12-23)14-24-13-17(16-9-3-4-10-18(16)24)20(26)21(27)22-15-7-1-2-8-15/h3-4,9-10,13,15H,1-2,5-8,11-12,14H2,(H,22,27). The largest absolute Gasteiger partial charge is 0.346 e. The van der Waals surface area contributed by atoms with Gasteiger partial charge in [-0.15, -0.1) is 0 Å². The molecule has 1 aromatic carbocycles. The molecule has 0 atom stereocenters. The van der Waals surface area contributed by atoms with Crippen molar-refractivity contribution < 1.29 is 14.4 Å². The third-order valence-corrected chi connectivity index (χ3v) is 5.69. The summed E-state index contributed by atoms with van der Waals surface area (Å²) in [5.74, 6) is -1.01. The molecule has 0 spiro atoms. The topological polar surface area (TPSA) is 71.4 Å². The fraction of sp³-hybridized carbons (Fsp3) is 0.476. The first-order chi connectivity index (χ1) is 13.1. The van der Waals surface area contributed by atoms with Gasteiger partial charge in [-0.2, -0.15) is 0 Å². The lowest BCUT2D eigenvalue weighted by atomic mass is 10.1. The number of fused-ring (bicyclic) bond motifs is 1. The lowest BCUT2D eigenvalue weighted by Gasteiger charge is -2.16. The molecule has 0 radical (unpaired) electrons. The van der Waals surface area contributed by atoms with Crippen LogP contribution in [0.5, 0.6) is 0 Å². The zero-order valence-electron chi connectivity index (χ0n) is 15.4. The monoisotopic (exact) mass is 367 g/mol. The minimum absolute atomic E-state index is 0.0580. The van der Waals surface area contributed by atoms with Crippen molar-refractivity contribution in [3.8, 4) is 0 Å². The molecule has 1 aliphatic carbocycles. The lowest BCUT2D eigenvalue weighted by Crippen LogP contribution is -2.37. The second kappa shape index (κ2) is 7.55. The molecule has 2 fully saturated rings. The molecule has 1 saturated heterocycles. The summed E-state index contributed by atoms with van der Waals surface area (Å²) in [4.78, 5) is 39.6. The van der Waals surface area contributed by atoms with E-state index in [0.717, 1.165) is 62.5 Å². The van der Waals surface area contributed by atoms with Crippen molar-refractivity contribution in [2.45, 2.75) is 51.1 Å². The number of rotatable bonds is 5. The molecule has 1 aromatic heterocycles. The van der Waals surface area contributed by atoms with Crippen LogP contribution in [-0.4, -0.2) is 46.2 Å². The van der Waals surface area contributed by atoms with E-state index in [1.807, 2.05) is 29.2 Å². The molecule has 142 valence electrons. The molecule has 4 rings (SSSR count). The van der Waals surface area contributed by atoms with E-state index in [1.54, 1.807) is 10.8 Å². The van der Waals surface area contributed by atoms with Crippen molar-refractivity contribution in [1.82, 2.24) is 14.8 Å². The van der Waals surface area contributed by atoms with Crippen LogP contribution in [0.3, 0.4) is 0 Å². The van der Waals surface area contributed by atoms with Gasteiger partial charge in [0.1, 0.15) is 6.54 Å². The third-order valence-electron chi connectivity index (χ3n) is 5.69. The van der Waals surface area contributed by atoms with Gasteiger partial charge >= 0.3 is 0 Å². The van der Waals surface area contributed by atoms with Gasteiger partial charge in [0.25, 0.3) is 11.7 Å². The Labute approximate surface area is 158 Å². The Bertz CT molecular complexity index is 874. The average Bonchev–Trinajstić information content (AvgIpc) is 3.43. The average molecular weight is 367 g/mol. The molecular formula is C21H25N3O3. The van der Waals surface area contributed by atoms with E-state index in [9.17, 15) is 14.4 Å². The van der Waals surface area contributed by atoms with E-state index in [-0.39, 0.29) is 18.5 Å². The fourth-order valence-electron chi connectivity index (χ4n) is 4.21. The van der Waals surface area contributed by atoms with E-state index < -0.39 is 11.7 Å². The number of nitrogens with one attached hydrogen (secondary N) is 1. The van der Waals surface area contributed by atoms with Gasteiger partial charge in [0, 0.05) is 36.2 Å². The van der Waals surface area contributed by atoms with Crippen LogP contribution in [0, 0.1) is 0 Å². The normalized spacial score (nSPS) is 17.6. The van der Waals surface area contributed by atoms with Crippen LogP contribution in [-0.2, 0) is 16.1 Å². The Morgan fingerprint density at radius 2 is 1.70 bits per heavy atom. The van der Waals surface area contributed by atoms with Crippen LogP contribution >= 0.6 is 0 Å². The predicted molar refractivity (Wildman–Crippen MR) is 102 cm³/mol. The summed E-state index contributed by atoms with van der Waals surface area (Å²) in [6, 6.07) is 7.55. The Hall–Kier alpha value is -2.63. The molecule has 1 saturated carbocycles. The van der Waals surface area contributed by atoms with Crippen molar-refractivity contribution in [3.05, 3.63) is 36.0 Å². The SMILES string of the molecule is O=C(NC1CCCC1)C(=O)c1cn(CC(=O)N2CCCC2)c2ccccc12. The maximum Gasteiger partial charge on any atom is 0.292 e. The number of hydrogen-bond acceptors (Lipinski definition) is 3. The maximum atomic E-state index is 12.8. The number of ketones is 1. The zero-order chi connectivity index (χ0) is 18.8. The van der Waals surface area contributed by atoms with Gasteiger partial charge in [0.15, 0.2) is 0 Å². The van der Waals surface area contributed by atoms with Crippen molar-refractivity contribution in [2.75, 3.05) is 13.1 Å². The third kappa shape index (κ3) is 3.61. The number of carbonyl (C=O) groups is 3. The van der Waals surface area contributed by atoms with Crippen LogP contribution in [0.2, 0.25) is 0 Å². The molecule has 1 N–H and O–H groups in total. The lowest BCUT2D eigenvalue weighted by molar-refractivity contribution is -0.130. The van der Waals surface area contributed by atoms with E-state index in [1.165, 1.54) is 0 Å². The first kappa shape index (κ1) is 17.8. The van der Waals surface area contributed by atoms with Crippen LogP contribution in [0.1, 0.15) is 48.9 Å². The first-order valence-electron chi connectivity index (χ1n) is 9.84. The number of Topliss-reactive ketones (excluding diaryl/α,β-unsaturated/α-hetero) is 1. The van der Waals surface area contributed by atoms with Gasteiger partial charge in [-0.25, -0.2) is 0 Å². The fourth-order valence-corrected chi connectivity index (χ4v) is 4.21. The number of nitrogens with zero attached hydrogens (tertiary/aromatic N) is 2. The number of aromatic nitrogens is 1. The summed E-state index contributed by atoms with van der Waals surface area (Å²) in [5.41, 5.74) is 1.18. The molecule has 6 nitrogen and oxygen atoms in total. The summed E-state index contributed by atoms with van der Waals surface area (Å²) in [5, 5.41) is 3.58. The number of carbonyl (C=O) groups excluding carboxylic acids is 3. The number of para-hydroxylation sites is 1. The van der Waals surface area contributed by atoms with Crippen LogP contribution in [0.25, 0.3) is 10.9 Å². The highest BCUT2D eigenvalue weighted by Crippen LogP contribution is 2.23. The number of hydrogen-bond donors (Lipinski definition) is 1. The Kier molecular flexibility index (Phi) is 4.97. The summed E-state index contributed by atoms with van der Waals surface area (Å²) >= 11 is 0. The molecular weight excluding hydrogens is 342 g/mol. The number of amides is 2. The molecule has 0 bridgehead atoms. The summed E-state index contributed by atoms with van der Waals surface area (Å²) in [6.07, 6.45) is 7.81. The number of likely N-dealkylation sites (tertiary alicyclic amines) is 1. The van der Waals surface area contributed by atoms with E-state index in [4.69, 9.17) is 0 Å². The highest BCUT2D eigenvalue weighted by Gasteiger charge is 2.26. The van der Waals surface area contributed by atoms with Crippen molar-refractivity contribution in [1.29, 1.82) is 0 Å². The highest BCUT2D eigenvalue weighted by atomic mass is 16.2. The minimum atomic E-state index is -0.546. The van der Waals surface area contributed by atoms with Crippen molar-refractivity contribution >= 4 is 28.5 Å². The molecule has 6 heteroatoms. The van der Waals surface area contributed by atoms with Crippen LogP contribution in [0.15, 0.2) is 30.5 Å².